The summed E-state index contributed by atoms with van der Waals surface area (Å²) in [5, 5.41) is 1.33. The van der Waals surface area contributed by atoms with Crippen molar-refractivity contribution in [2.24, 2.45) is 0 Å². The fourth-order valence-electron chi connectivity index (χ4n) is 4.42. The Balaban J connectivity index is 1.64. The molecule has 2 aliphatic rings. The zero-order chi connectivity index (χ0) is 17.5. The minimum atomic E-state index is 0.340. The minimum absolute atomic E-state index is 0.340. The maximum atomic E-state index is 4.81. The van der Waals surface area contributed by atoms with Crippen molar-refractivity contribution in [3.8, 4) is 0 Å². The number of hydrogen-bond acceptors (Lipinski definition) is 5. The number of thiophene rings is 1. The number of nitrogens with zero attached hydrogens (tertiary/aromatic N) is 4. The summed E-state index contributed by atoms with van der Waals surface area (Å²) < 4.78 is 0. The maximum Gasteiger partial charge on any atom is 0.141 e. The van der Waals surface area contributed by atoms with Gasteiger partial charge in [0.15, 0.2) is 0 Å². The highest BCUT2D eigenvalue weighted by Crippen LogP contribution is 2.41. The average molecular weight is 365 g/mol. The highest BCUT2D eigenvalue weighted by atomic mass is 32.1. The molecular weight excluding hydrogens is 340 g/mol. The van der Waals surface area contributed by atoms with Gasteiger partial charge in [-0.25, -0.2) is 9.97 Å². The first-order valence-corrected chi connectivity index (χ1v) is 10.4. The van der Waals surface area contributed by atoms with Gasteiger partial charge in [0.05, 0.1) is 11.4 Å². The van der Waals surface area contributed by atoms with Gasteiger partial charge >= 0.3 is 0 Å². The Morgan fingerprint density at radius 1 is 1.04 bits per heavy atom. The van der Waals surface area contributed by atoms with E-state index in [1.165, 1.54) is 47.0 Å². The smallest absolute Gasteiger partial charge is 0.141 e. The lowest BCUT2D eigenvalue weighted by atomic mass is 9.96. The molecule has 5 rings (SSSR count). The van der Waals surface area contributed by atoms with Crippen LogP contribution in [0.2, 0.25) is 0 Å². The molecule has 3 aromatic rings. The number of likely N-dealkylation sites (N-methyl/N-ethyl adjacent to an activating group) is 1. The average Bonchev–Trinajstić information content (AvgIpc) is 3.07. The normalized spacial score (nSPS) is 21.1. The predicted molar refractivity (Wildman–Crippen MR) is 108 cm³/mol. The molecule has 1 aliphatic heterocycles. The van der Waals surface area contributed by atoms with Crippen LogP contribution in [0, 0.1) is 0 Å². The van der Waals surface area contributed by atoms with E-state index in [1.807, 2.05) is 11.3 Å². The molecule has 0 N–H and O–H groups in total. The fourth-order valence-corrected chi connectivity index (χ4v) is 5.65. The molecule has 1 fully saturated rings. The van der Waals surface area contributed by atoms with E-state index in [2.05, 4.69) is 52.2 Å². The minimum Gasteiger partial charge on any atom is -0.346 e. The molecule has 26 heavy (non-hydrogen) atoms. The summed E-state index contributed by atoms with van der Waals surface area (Å²) in [6.45, 7) is 3.11. The van der Waals surface area contributed by atoms with Gasteiger partial charge in [0, 0.05) is 24.5 Å². The van der Waals surface area contributed by atoms with Crippen LogP contribution in [0.4, 0.5) is 5.82 Å². The van der Waals surface area contributed by atoms with E-state index in [9.17, 15) is 0 Å². The van der Waals surface area contributed by atoms with Gasteiger partial charge in [-0.2, -0.15) is 0 Å². The second kappa shape index (κ2) is 6.63. The lowest BCUT2D eigenvalue weighted by molar-refractivity contribution is 0.268. The number of rotatable bonds is 2. The van der Waals surface area contributed by atoms with E-state index in [0.29, 0.717) is 6.04 Å². The quantitative estimate of drug-likeness (QED) is 0.686. The van der Waals surface area contributed by atoms with E-state index in [4.69, 9.17) is 4.98 Å². The maximum absolute atomic E-state index is 4.81. The van der Waals surface area contributed by atoms with Gasteiger partial charge in [-0.05, 0) is 43.9 Å². The number of piperazine rings is 1. The molecule has 0 spiro atoms. The predicted octanol–water partition coefficient (Wildman–Crippen LogP) is 4.06. The van der Waals surface area contributed by atoms with E-state index < -0.39 is 0 Å². The standard InChI is InChI=1S/C21H24N4S/c1-24-11-12-25(17(13-24)15-7-3-2-4-8-15)20-19-16-9-5-6-10-18(16)26-21(19)23-14-22-20/h2-4,7-8,14,17H,5-6,9-13H2,1H3/t17-/m0/s1. The third kappa shape index (κ3) is 2.70. The number of aromatic nitrogens is 2. The van der Waals surface area contributed by atoms with Crippen LogP contribution >= 0.6 is 11.3 Å². The third-order valence-corrected chi connectivity index (χ3v) is 6.97. The van der Waals surface area contributed by atoms with Crippen LogP contribution in [-0.4, -0.2) is 41.5 Å². The first-order chi connectivity index (χ1) is 12.8. The first-order valence-electron chi connectivity index (χ1n) is 9.56. The van der Waals surface area contributed by atoms with Crippen molar-refractivity contribution < 1.29 is 0 Å². The van der Waals surface area contributed by atoms with Crippen molar-refractivity contribution in [3.05, 3.63) is 52.7 Å². The van der Waals surface area contributed by atoms with Gasteiger partial charge in [-0.1, -0.05) is 30.3 Å². The van der Waals surface area contributed by atoms with Crippen molar-refractivity contribution in [3.63, 3.8) is 0 Å². The number of aryl methyl sites for hydroxylation is 2. The zero-order valence-corrected chi connectivity index (χ0v) is 16.0. The van der Waals surface area contributed by atoms with E-state index in [-0.39, 0.29) is 0 Å². The van der Waals surface area contributed by atoms with Crippen LogP contribution in [0.5, 0.6) is 0 Å². The van der Waals surface area contributed by atoms with E-state index in [0.717, 1.165) is 25.5 Å². The summed E-state index contributed by atoms with van der Waals surface area (Å²) in [5.74, 6) is 1.15. The molecule has 1 atom stereocenters. The van der Waals surface area contributed by atoms with Gasteiger partial charge in [-0.3, -0.25) is 0 Å². The van der Waals surface area contributed by atoms with Gasteiger partial charge < -0.3 is 9.80 Å². The van der Waals surface area contributed by atoms with E-state index >= 15 is 0 Å². The van der Waals surface area contributed by atoms with Gasteiger partial charge in [0.2, 0.25) is 0 Å². The van der Waals surface area contributed by atoms with Gasteiger partial charge in [0.1, 0.15) is 17.0 Å². The highest BCUT2D eigenvalue weighted by molar-refractivity contribution is 7.19. The SMILES string of the molecule is CN1CCN(c2ncnc3sc4c(c23)CCCC4)[C@H](c2ccccc2)C1. The summed E-state index contributed by atoms with van der Waals surface area (Å²) in [4.78, 5) is 17.1. The summed E-state index contributed by atoms with van der Waals surface area (Å²) in [7, 11) is 2.22. The van der Waals surface area contributed by atoms with Gasteiger partial charge in [-0.15, -0.1) is 11.3 Å². The molecule has 0 bridgehead atoms. The topological polar surface area (TPSA) is 32.3 Å². The number of hydrogen-bond donors (Lipinski definition) is 0. The van der Waals surface area contributed by atoms with Crippen LogP contribution in [0.3, 0.4) is 0 Å². The van der Waals surface area contributed by atoms with Crippen LogP contribution in [0.1, 0.15) is 34.9 Å². The molecule has 3 heterocycles. The molecule has 5 heteroatoms. The van der Waals surface area contributed by atoms with E-state index in [1.54, 1.807) is 11.2 Å². The molecule has 0 saturated carbocycles. The van der Waals surface area contributed by atoms with Crippen LogP contribution < -0.4 is 4.90 Å². The Hall–Kier alpha value is -1.98. The Kier molecular flexibility index (Phi) is 4.14. The molecule has 2 aromatic heterocycles. The molecular formula is C21H24N4S. The summed E-state index contributed by atoms with van der Waals surface area (Å²) >= 11 is 1.89. The monoisotopic (exact) mass is 364 g/mol. The molecule has 1 saturated heterocycles. The van der Waals surface area contributed by atoms with Gasteiger partial charge in [0.25, 0.3) is 0 Å². The summed E-state index contributed by atoms with van der Waals surface area (Å²) in [6.07, 6.45) is 6.75. The second-order valence-electron chi connectivity index (χ2n) is 7.47. The largest absolute Gasteiger partial charge is 0.346 e. The summed E-state index contributed by atoms with van der Waals surface area (Å²) in [6, 6.07) is 11.2. The Morgan fingerprint density at radius 2 is 1.88 bits per heavy atom. The Bertz CT molecular complexity index is 920. The molecule has 4 nitrogen and oxygen atoms in total. The second-order valence-corrected chi connectivity index (χ2v) is 8.55. The molecule has 134 valence electrons. The number of anilines is 1. The van der Waals surface area contributed by atoms with Crippen molar-refractivity contribution in [1.29, 1.82) is 0 Å². The fraction of sp³-hybridized carbons (Fsp3) is 0.429. The first kappa shape index (κ1) is 16.2. The number of benzene rings is 1. The van der Waals surface area contributed by atoms with Crippen LogP contribution in [-0.2, 0) is 12.8 Å². The van der Waals surface area contributed by atoms with Crippen molar-refractivity contribution in [2.45, 2.75) is 31.7 Å². The molecule has 1 aromatic carbocycles. The molecule has 0 amide bonds. The van der Waals surface area contributed by atoms with Crippen molar-refractivity contribution in [2.75, 3.05) is 31.6 Å². The third-order valence-electron chi connectivity index (χ3n) is 5.77. The lowest BCUT2D eigenvalue weighted by Gasteiger charge is -2.41. The zero-order valence-electron chi connectivity index (χ0n) is 15.2. The molecule has 0 unspecified atom stereocenters. The lowest BCUT2D eigenvalue weighted by Crippen LogP contribution is -2.47. The van der Waals surface area contributed by atoms with Crippen molar-refractivity contribution in [1.82, 2.24) is 14.9 Å². The summed E-state index contributed by atoms with van der Waals surface area (Å²) in [5.41, 5.74) is 2.90. The molecule has 0 radical (unpaired) electrons. The number of fused-ring (bicyclic) bond motifs is 3. The van der Waals surface area contributed by atoms with Crippen LogP contribution in [0.25, 0.3) is 10.2 Å². The van der Waals surface area contributed by atoms with Crippen LogP contribution in [0.15, 0.2) is 36.7 Å². The highest BCUT2D eigenvalue weighted by Gasteiger charge is 2.30. The molecule has 1 aliphatic carbocycles. The van der Waals surface area contributed by atoms with Crippen molar-refractivity contribution >= 4 is 27.4 Å². The Morgan fingerprint density at radius 3 is 2.77 bits per heavy atom. The Labute approximate surface area is 158 Å².